The minimum Gasteiger partial charge on any atom is -0.450 e. The van der Waals surface area contributed by atoms with E-state index < -0.39 is 0 Å². The third-order valence-electron chi connectivity index (χ3n) is 6.57. The second kappa shape index (κ2) is 9.78. The molecule has 30 heavy (non-hydrogen) atoms. The molecule has 0 spiro atoms. The molecule has 4 heterocycles. The zero-order chi connectivity index (χ0) is 20.9. The monoisotopic (exact) mass is 419 g/mol. The Balaban J connectivity index is 1.26. The maximum Gasteiger partial charge on any atom is 0.409 e. The fourth-order valence-corrected chi connectivity index (χ4v) is 4.80. The molecule has 4 rings (SSSR count). The molecule has 3 fully saturated rings. The number of hydrogen-bond donors (Lipinski definition) is 1. The first-order valence-electron chi connectivity index (χ1n) is 11.2. The summed E-state index contributed by atoms with van der Waals surface area (Å²) in [6.07, 6.45) is 6.37. The molecule has 0 radical (unpaired) electrons. The number of nitrogens with zero attached hydrogens (tertiary/aromatic N) is 4. The van der Waals surface area contributed by atoms with Crippen molar-refractivity contribution in [2.24, 2.45) is 5.92 Å². The van der Waals surface area contributed by atoms with Gasteiger partial charge in [-0.2, -0.15) is 5.10 Å². The molecule has 9 nitrogen and oxygen atoms in total. The number of carbonyl (C=O) groups excluding carboxylic acids is 2. The zero-order valence-electron chi connectivity index (χ0n) is 17.8. The normalized spacial score (nSPS) is 24.2. The van der Waals surface area contributed by atoms with Crippen molar-refractivity contribution in [2.45, 2.75) is 51.1 Å². The number of carbonyl (C=O) groups is 2. The lowest BCUT2D eigenvalue weighted by atomic mass is 9.98. The Kier molecular flexibility index (Phi) is 6.89. The molecular formula is C21H33N5O4. The number of piperidine rings is 2. The van der Waals surface area contributed by atoms with Gasteiger partial charge >= 0.3 is 6.09 Å². The molecule has 1 aromatic rings. The molecule has 0 aliphatic carbocycles. The van der Waals surface area contributed by atoms with Crippen molar-refractivity contribution in [1.82, 2.24) is 19.6 Å². The zero-order valence-corrected chi connectivity index (χ0v) is 17.8. The molecule has 1 atom stereocenters. The van der Waals surface area contributed by atoms with E-state index in [9.17, 15) is 9.59 Å². The second-order valence-electron chi connectivity index (χ2n) is 8.40. The molecule has 0 aromatic carbocycles. The molecule has 3 aliphatic heterocycles. The number of anilines is 1. The van der Waals surface area contributed by atoms with Gasteiger partial charge in [0.2, 0.25) is 5.91 Å². The van der Waals surface area contributed by atoms with Crippen molar-refractivity contribution in [2.75, 3.05) is 51.3 Å². The molecule has 166 valence electrons. The van der Waals surface area contributed by atoms with Gasteiger partial charge in [0.1, 0.15) is 5.82 Å². The Bertz CT molecular complexity index is 717. The predicted octanol–water partition coefficient (Wildman–Crippen LogP) is 2.12. The molecule has 1 aromatic heterocycles. The molecule has 2 amide bonds. The topological polar surface area (TPSA) is 88.9 Å². The van der Waals surface area contributed by atoms with Crippen LogP contribution in [0, 0.1) is 5.92 Å². The first-order valence-corrected chi connectivity index (χ1v) is 11.2. The summed E-state index contributed by atoms with van der Waals surface area (Å²) in [4.78, 5) is 28.7. The predicted molar refractivity (Wildman–Crippen MR) is 111 cm³/mol. The van der Waals surface area contributed by atoms with Crippen LogP contribution in [-0.4, -0.2) is 83.6 Å². The van der Waals surface area contributed by atoms with Crippen molar-refractivity contribution in [1.29, 1.82) is 0 Å². The summed E-state index contributed by atoms with van der Waals surface area (Å²) in [6, 6.07) is 2.70. The van der Waals surface area contributed by atoms with Crippen LogP contribution in [0.15, 0.2) is 12.3 Å². The Morgan fingerprint density at radius 3 is 2.53 bits per heavy atom. The molecular weight excluding hydrogens is 386 g/mol. The Hall–Kier alpha value is -2.13. The minimum absolute atomic E-state index is 0.0278. The highest BCUT2D eigenvalue weighted by Crippen LogP contribution is 2.29. The van der Waals surface area contributed by atoms with E-state index in [-0.39, 0.29) is 17.9 Å². The Morgan fingerprint density at radius 1 is 1.13 bits per heavy atom. The maximum absolute atomic E-state index is 12.4. The summed E-state index contributed by atoms with van der Waals surface area (Å²) in [5.74, 6) is 0.754. The van der Waals surface area contributed by atoms with Gasteiger partial charge in [-0.25, -0.2) is 9.48 Å². The first-order chi connectivity index (χ1) is 14.7. The highest BCUT2D eigenvalue weighted by atomic mass is 16.6. The average molecular weight is 420 g/mol. The Labute approximate surface area is 177 Å². The van der Waals surface area contributed by atoms with E-state index in [2.05, 4.69) is 15.3 Å². The van der Waals surface area contributed by atoms with E-state index in [1.54, 1.807) is 6.20 Å². The molecule has 0 saturated carbocycles. The van der Waals surface area contributed by atoms with E-state index in [1.165, 1.54) is 0 Å². The standard InChI is InChI=1S/C21H33N5O4/c1-2-30-21(28)25-12-4-17(5-13-25)24-10-6-18(7-11-24)26-19(3-9-22-26)23-20(27)16-8-14-29-15-16/h3,9,16-18H,2,4-8,10-15H2,1H3,(H,23,27). The van der Waals surface area contributed by atoms with Crippen molar-refractivity contribution in [3.05, 3.63) is 12.3 Å². The summed E-state index contributed by atoms with van der Waals surface area (Å²) in [6.45, 7) is 7.00. The van der Waals surface area contributed by atoms with Crippen LogP contribution >= 0.6 is 0 Å². The molecule has 3 aliphatic rings. The van der Waals surface area contributed by atoms with Crippen LogP contribution in [0.25, 0.3) is 0 Å². The van der Waals surface area contributed by atoms with E-state index >= 15 is 0 Å². The summed E-state index contributed by atoms with van der Waals surface area (Å²) in [5, 5.41) is 7.55. The van der Waals surface area contributed by atoms with Crippen LogP contribution in [0.3, 0.4) is 0 Å². The van der Waals surface area contributed by atoms with Gasteiger partial charge < -0.3 is 24.6 Å². The molecule has 0 bridgehead atoms. The van der Waals surface area contributed by atoms with Crippen molar-refractivity contribution in [3.8, 4) is 0 Å². The van der Waals surface area contributed by atoms with Gasteiger partial charge in [0.05, 0.1) is 31.4 Å². The molecule has 1 N–H and O–H groups in total. The number of amides is 2. The van der Waals surface area contributed by atoms with Gasteiger partial charge in [-0.3, -0.25) is 4.79 Å². The Morgan fingerprint density at radius 2 is 1.87 bits per heavy atom. The SMILES string of the molecule is CCOC(=O)N1CCC(N2CCC(n3nccc3NC(=O)C3CCOC3)CC2)CC1. The van der Waals surface area contributed by atoms with Crippen LogP contribution in [0.5, 0.6) is 0 Å². The van der Waals surface area contributed by atoms with Gasteiger partial charge in [-0.15, -0.1) is 0 Å². The van der Waals surface area contributed by atoms with Crippen molar-refractivity contribution < 1.29 is 19.1 Å². The quantitative estimate of drug-likeness (QED) is 0.786. The average Bonchev–Trinajstić information content (AvgIpc) is 3.47. The number of aromatic nitrogens is 2. The lowest BCUT2D eigenvalue weighted by Crippen LogP contribution is -2.49. The third-order valence-corrected chi connectivity index (χ3v) is 6.57. The van der Waals surface area contributed by atoms with Crippen molar-refractivity contribution >= 4 is 17.8 Å². The number of likely N-dealkylation sites (tertiary alicyclic amines) is 2. The summed E-state index contributed by atoms with van der Waals surface area (Å²) < 4.78 is 12.4. The van der Waals surface area contributed by atoms with Crippen LogP contribution in [0.1, 0.15) is 45.1 Å². The highest BCUT2D eigenvalue weighted by molar-refractivity contribution is 5.92. The maximum atomic E-state index is 12.4. The summed E-state index contributed by atoms with van der Waals surface area (Å²) in [5.41, 5.74) is 0. The first kappa shape index (κ1) is 21.1. The number of nitrogens with one attached hydrogen (secondary N) is 1. The van der Waals surface area contributed by atoms with Crippen molar-refractivity contribution in [3.63, 3.8) is 0 Å². The van der Waals surface area contributed by atoms with Gasteiger partial charge in [0.15, 0.2) is 0 Å². The molecule has 9 heteroatoms. The number of ether oxygens (including phenoxy) is 2. The summed E-state index contributed by atoms with van der Waals surface area (Å²) in [7, 11) is 0. The van der Waals surface area contributed by atoms with Crippen LogP contribution < -0.4 is 5.32 Å². The van der Waals surface area contributed by atoms with E-state index in [0.717, 1.165) is 64.1 Å². The fourth-order valence-electron chi connectivity index (χ4n) is 4.80. The smallest absolute Gasteiger partial charge is 0.409 e. The summed E-state index contributed by atoms with van der Waals surface area (Å²) >= 11 is 0. The number of rotatable bonds is 5. The van der Waals surface area contributed by atoms with Gasteiger partial charge in [0.25, 0.3) is 0 Å². The lowest BCUT2D eigenvalue weighted by Gasteiger charge is -2.41. The largest absolute Gasteiger partial charge is 0.450 e. The van der Waals surface area contributed by atoms with Crippen LogP contribution in [-0.2, 0) is 14.3 Å². The third kappa shape index (κ3) is 4.78. The molecule has 3 saturated heterocycles. The van der Waals surface area contributed by atoms with E-state index in [1.807, 2.05) is 22.6 Å². The second-order valence-corrected chi connectivity index (χ2v) is 8.40. The highest BCUT2D eigenvalue weighted by Gasteiger charge is 2.31. The minimum atomic E-state index is -0.188. The van der Waals surface area contributed by atoms with E-state index in [0.29, 0.717) is 31.9 Å². The van der Waals surface area contributed by atoms with E-state index in [4.69, 9.17) is 9.47 Å². The lowest BCUT2D eigenvalue weighted by molar-refractivity contribution is -0.119. The van der Waals surface area contributed by atoms with Gasteiger partial charge in [0, 0.05) is 44.9 Å². The van der Waals surface area contributed by atoms with Gasteiger partial charge in [-0.05, 0) is 39.0 Å². The van der Waals surface area contributed by atoms with Gasteiger partial charge in [-0.1, -0.05) is 0 Å². The van der Waals surface area contributed by atoms with Crippen LogP contribution in [0.4, 0.5) is 10.6 Å². The van der Waals surface area contributed by atoms with Crippen LogP contribution in [0.2, 0.25) is 0 Å². The fraction of sp³-hybridized carbons (Fsp3) is 0.762. The number of hydrogen-bond acceptors (Lipinski definition) is 6. The molecule has 1 unspecified atom stereocenters.